The van der Waals surface area contributed by atoms with Gasteiger partial charge in [0.1, 0.15) is 37.1 Å². The Hall–Kier alpha value is -3.07. The molecule has 0 radical (unpaired) electrons. The van der Waals surface area contributed by atoms with E-state index in [1.165, 1.54) is 0 Å². The Morgan fingerprint density at radius 2 is 1.58 bits per heavy atom. The van der Waals surface area contributed by atoms with E-state index < -0.39 is 121 Å². The van der Waals surface area contributed by atoms with Gasteiger partial charge in [-0.15, -0.1) is 11.8 Å². The molecule has 0 unspecified atom stereocenters. The van der Waals surface area contributed by atoms with Crippen molar-refractivity contribution in [3.8, 4) is 0 Å². The third-order valence-electron chi connectivity index (χ3n) is 6.64. The summed E-state index contributed by atoms with van der Waals surface area (Å²) in [6.45, 7) is 3.63. The smallest absolute Gasteiger partial charge is 0.349 e. The third kappa shape index (κ3) is 9.96. The predicted octanol–water partition coefficient (Wildman–Crippen LogP) is -2.96. The summed E-state index contributed by atoms with van der Waals surface area (Å²) in [5, 5.41) is 42.0. The maximum absolute atomic E-state index is 13.6. The first-order chi connectivity index (χ1) is 21.0. The molecule has 0 aromatic rings. The quantitative estimate of drug-likeness (QED) is 0.0969. The Labute approximate surface area is 261 Å². The highest BCUT2D eigenvalue weighted by molar-refractivity contribution is 8.01. The zero-order valence-corrected chi connectivity index (χ0v) is 26.2. The van der Waals surface area contributed by atoms with Gasteiger partial charge in [0.25, 0.3) is 0 Å². The van der Waals surface area contributed by atoms with Crippen molar-refractivity contribution in [2.45, 2.75) is 106 Å². The van der Waals surface area contributed by atoms with Gasteiger partial charge < -0.3 is 58.9 Å². The van der Waals surface area contributed by atoms with Crippen molar-refractivity contribution in [3.05, 3.63) is 0 Å². The van der Waals surface area contributed by atoms with Gasteiger partial charge >= 0.3 is 29.8 Å². The number of amides is 1. The monoisotopic (exact) mass is 669 g/mol. The van der Waals surface area contributed by atoms with E-state index in [1.54, 1.807) is 0 Å². The number of nitrogens with one attached hydrogen (secondary N) is 1. The molecule has 2 saturated heterocycles. The summed E-state index contributed by atoms with van der Waals surface area (Å²) in [5.74, 6) is -5.42. The number of carbonyl (C=O) groups is 6. The number of ether oxygens (including phenoxy) is 7. The van der Waals surface area contributed by atoms with Crippen LogP contribution >= 0.6 is 11.8 Å². The van der Waals surface area contributed by atoms with Crippen LogP contribution in [0.5, 0.6) is 0 Å². The molecular formula is C26H39NO17S. The minimum absolute atomic E-state index is 0.467. The first kappa shape index (κ1) is 38.1. The zero-order valence-electron chi connectivity index (χ0n) is 25.4. The molecule has 0 spiro atoms. The zero-order chi connectivity index (χ0) is 34.2. The highest BCUT2D eigenvalue weighted by atomic mass is 32.2. The van der Waals surface area contributed by atoms with Crippen molar-refractivity contribution >= 4 is 47.5 Å². The Morgan fingerprint density at radius 3 is 2.07 bits per heavy atom. The molecule has 5 N–H and O–H groups in total. The van der Waals surface area contributed by atoms with Crippen LogP contribution in [0.3, 0.4) is 0 Å². The SMILES string of the molecule is COC(=O)[C@@]1(S[C@@H]2[C@@H](O)[C@@H](O)O[C@H]2[C@H](O)CO)C[C@H](OC(C)=O)[C@@H](NC(C)=O)[C@H]([C@H](OC(C)=O)[C@@H](COC(C)=O)OC(C)=O)O1. The van der Waals surface area contributed by atoms with Crippen LogP contribution in [0.15, 0.2) is 0 Å². The van der Waals surface area contributed by atoms with Crippen LogP contribution < -0.4 is 5.32 Å². The predicted molar refractivity (Wildman–Crippen MR) is 146 cm³/mol. The lowest BCUT2D eigenvalue weighted by Gasteiger charge is -2.49. The molecule has 1 amide bonds. The van der Waals surface area contributed by atoms with E-state index in [4.69, 9.17) is 33.2 Å². The normalized spacial score (nSPS) is 31.5. The second-order valence-electron chi connectivity index (χ2n) is 10.2. The fraction of sp³-hybridized carbons (Fsp3) is 0.769. The van der Waals surface area contributed by atoms with Crippen LogP contribution in [0.4, 0.5) is 0 Å². The molecule has 2 fully saturated rings. The van der Waals surface area contributed by atoms with Crippen LogP contribution in [0, 0.1) is 0 Å². The lowest BCUT2D eigenvalue weighted by Crippen LogP contribution is -2.68. The Morgan fingerprint density at radius 1 is 0.956 bits per heavy atom. The summed E-state index contributed by atoms with van der Waals surface area (Å²) in [4.78, 5) is 71.9. The first-order valence-corrected chi connectivity index (χ1v) is 14.5. The lowest BCUT2D eigenvalue weighted by molar-refractivity contribution is -0.224. The van der Waals surface area contributed by atoms with Gasteiger partial charge in [0.15, 0.2) is 18.5 Å². The van der Waals surface area contributed by atoms with E-state index in [0.29, 0.717) is 11.8 Å². The van der Waals surface area contributed by atoms with E-state index in [0.717, 1.165) is 41.7 Å². The molecule has 2 aliphatic heterocycles. The van der Waals surface area contributed by atoms with Crippen LogP contribution in [0.1, 0.15) is 41.0 Å². The molecule has 11 atom stereocenters. The van der Waals surface area contributed by atoms with Crippen LogP contribution in [-0.4, -0.2) is 142 Å². The first-order valence-electron chi connectivity index (χ1n) is 13.6. The number of rotatable bonds is 13. The molecule has 0 bridgehead atoms. The number of aliphatic hydroxyl groups excluding tert-OH is 4. The topological polar surface area (TPSA) is 260 Å². The van der Waals surface area contributed by atoms with Crippen LogP contribution in [0.25, 0.3) is 0 Å². The fourth-order valence-corrected chi connectivity index (χ4v) is 6.67. The molecule has 256 valence electrons. The van der Waals surface area contributed by atoms with Crippen molar-refractivity contribution < 1.29 is 82.4 Å². The van der Waals surface area contributed by atoms with Crippen molar-refractivity contribution in [3.63, 3.8) is 0 Å². The Bertz CT molecular complexity index is 1110. The highest BCUT2D eigenvalue weighted by Crippen LogP contribution is 2.48. The summed E-state index contributed by atoms with van der Waals surface area (Å²) in [6.07, 6.45) is -14.0. The summed E-state index contributed by atoms with van der Waals surface area (Å²) in [5.41, 5.74) is 0. The number of carbonyl (C=O) groups excluding carboxylic acids is 6. The number of aliphatic hydroxyl groups is 4. The van der Waals surface area contributed by atoms with Crippen molar-refractivity contribution in [1.29, 1.82) is 0 Å². The van der Waals surface area contributed by atoms with E-state index in [2.05, 4.69) is 5.32 Å². The van der Waals surface area contributed by atoms with Gasteiger partial charge in [-0.1, -0.05) is 0 Å². The van der Waals surface area contributed by atoms with Crippen LogP contribution in [-0.2, 0) is 61.9 Å². The maximum atomic E-state index is 13.6. The molecule has 0 saturated carbocycles. The number of hydrogen-bond donors (Lipinski definition) is 5. The van der Waals surface area contributed by atoms with Crippen molar-refractivity contribution in [2.75, 3.05) is 20.3 Å². The highest BCUT2D eigenvalue weighted by Gasteiger charge is 2.61. The van der Waals surface area contributed by atoms with E-state index in [-0.39, 0.29) is 0 Å². The number of esters is 5. The summed E-state index contributed by atoms with van der Waals surface area (Å²) in [7, 11) is 0.978. The molecule has 45 heavy (non-hydrogen) atoms. The van der Waals surface area contributed by atoms with Crippen LogP contribution in [0.2, 0.25) is 0 Å². The standard InChI is InChI=1S/C26H39NO17S/c1-10(29)27-18-16(40-12(3)31)7-26(25(37)38-6,45-23-19(35)24(36)43-20(23)15(34)8-28)44-22(18)21(42-14(5)33)17(41-13(4)32)9-39-11(2)30/h15-24,28,34-36H,7-9H2,1-6H3,(H,27,29)/t15-,16+,17-,18-,19-,20+,21-,22-,23-,24+,26+/m1/s1. The van der Waals surface area contributed by atoms with Crippen molar-refractivity contribution in [2.24, 2.45) is 0 Å². The number of thioether (sulfide) groups is 1. The van der Waals surface area contributed by atoms with Gasteiger partial charge in [-0.2, -0.15) is 0 Å². The van der Waals surface area contributed by atoms with Gasteiger partial charge in [0.2, 0.25) is 10.8 Å². The van der Waals surface area contributed by atoms with Gasteiger partial charge in [0, 0.05) is 41.0 Å². The Kier molecular flexibility index (Phi) is 14.0. The molecule has 19 heteroatoms. The molecule has 0 aromatic carbocycles. The molecule has 2 aliphatic rings. The molecule has 18 nitrogen and oxygen atoms in total. The molecule has 0 aliphatic carbocycles. The second-order valence-corrected chi connectivity index (χ2v) is 11.7. The number of hydrogen-bond acceptors (Lipinski definition) is 18. The fourth-order valence-electron chi connectivity index (χ4n) is 4.97. The third-order valence-corrected chi connectivity index (χ3v) is 8.27. The second kappa shape index (κ2) is 16.5. The summed E-state index contributed by atoms with van der Waals surface area (Å²) >= 11 is 0.467. The maximum Gasteiger partial charge on any atom is 0.349 e. The average molecular weight is 670 g/mol. The van der Waals surface area contributed by atoms with Gasteiger partial charge in [0.05, 0.1) is 25.0 Å². The summed E-state index contributed by atoms with van der Waals surface area (Å²) < 4.78 is 37.8. The van der Waals surface area contributed by atoms with Gasteiger partial charge in [-0.25, -0.2) is 4.79 Å². The van der Waals surface area contributed by atoms with Gasteiger partial charge in [-0.3, -0.25) is 24.0 Å². The van der Waals surface area contributed by atoms with Gasteiger partial charge in [-0.05, 0) is 0 Å². The minimum Gasteiger partial charge on any atom is -0.466 e. The molecular weight excluding hydrogens is 630 g/mol. The molecule has 2 rings (SSSR count). The number of methoxy groups -OCH3 is 1. The molecule has 0 aromatic heterocycles. The Balaban J connectivity index is 2.81. The summed E-state index contributed by atoms with van der Waals surface area (Å²) in [6, 6.07) is -1.42. The van der Waals surface area contributed by atoms with Crippen molar-refractivity contribution in [1.82, 2.24) is 5.32 Å². The lowest BCUT2D eigenvalue weighted by atomic mass is 9.89. The molecule has 2 heterocycles. The largest absolute Gasteiger partial charge is 0.466 e. The van der Waals surface area contributed by atoms with E-state index >= 15 is 0 Å². The average Bonchev–Trinajstić information content (AvgIpc) is 3.21. The minimum atomic E-state index is -2.35. The van der Waals surface area contributed by atoms with E-state index in [1.807, 2.05) is 0 Å². The van der Waals surface area contributed by atoms with E-state index in [9.17, 15) is 49.2 Å².